The Morgan fingerprint density at radius 1 is 1.25 bits per heavy atom. The Morgan fingerprint density at radius 2 is 1.94 bits per heavy atom. The van der Waals surface area contributed by atoms with Crippen molar-refractivity contribution in [2.24, 2.45) is 0 Å². The molecule has 1 fully saturated rings. The highest BCUT2D eigenvalue weighted by Crippen LogP contribution is 2.25. The highest BCUT2D eigenvalue weighted by Gasteiger charge is 2.41. The summed E-state index contributed by atoms with van der Waals surface area (Å²) in [6, 6.07) is 6.00. The maximum Gasteiger partial charge on any atom is 0.256 e. The molecule has 0 spiro atoms. The molecule has 2 rings (SSSR count). The predicted molar refractivity (Wildman–Crippen MR) is 67.1 cm³/mol. The molecule has 1 heterocycles. The summed E-state index contributed by atoms with van der Waals surface area (Å²) in [6.07, 6.45) is 0. The van der Waals surface area contributed by atoms with Crippen molar-refractivity contribution >= 4 is 23.2 Å². The average molecular weight is 234 g/mol. The van der Waals surface area contributed by atoms with Crippen LogP contribution >= 0.6 is 12.2 Å². The lowest BCUT2D eigenvalue weighted by Crippen LogP contribution is -2.40. The number of aryl methyl sites for hydroxylation is 2. The second kappa shape index (κ2) is 3.56. The van der Waals surface area contributed by atoms with Crippen molar-refractivity contribution in [3.05, 3.63) is 34.9 Å². The smallest absolute Gasteiger partial charge is 0.256 e. The molecular weight excluding hydrogens is 220 g/mol. The lowest BCUT2D eigenvalue weighted by molar-refractivity contribution is -0.123. The fraction of sp³-hybridized carbons (Fsp3) is 0.333. The van der Waals surface area contributed by atoms with Gasteiger partial charge in [-0.05, 0) is 49.7 Å². The monoisotopic (exact) mass is 234 g/mol. The second-order valence-corrected chi connectivity index (χ2v) is 4.74. The molecule has 1 unspecified atom stereocenters. The second-order valence-electron chi connectivity index (χ2n) is 4.33. The Bertz CT molecular complexity index is 484. The Hall–Kier alpha value is -1.42. The van der Waals surface area contributed by atoms with Gasteiger partial charge in [0.05, 0.1) is 0 Å². The van der Waals surface area contributed by atoms with E-state index >= 15 is 0 Å². The summed E-state index contributed by atoms with van der Waals surface area (Å²) >= 11 is 4.96. The Kier molecular flexibility index (Phi) is 2.46. The molecule has 0 saturated carbocycles. The Balaban J connectivity index is 2.47. The first-order chi connectivity index (χ1) is 7.43. The van der Waals surface area contributed by atoms with Gasteiger partial charge in [-0.1, -0.05) is 18.2 Å². The fourth-order valence-corrected chi connectivity index (χ4v) is 2.10. The lowest BCUT2D eigenvalue weighted by Gasteiger charge is -2.22. The predicted octanol–water partition coefficient (Wildman–Crippen LogP) is 1.52. The van der Waals surface area contributed by atoms with Gasteiger partial charge < -0.3 is 10.6 Å². The van der Waals surface area contributed by atoms with Crippen molar-refractivity contribution in [3.63, 3.8) is 0 Å². The van der Waals surface area contributed by atoms with Gasteiger partial charge in [0.15, 0.2) is 5.11 Å². The maximum absolute atomic E-state index is 11.8. The number of amides is 1. The van der Waals surface area contributed by atoms with Gasteiger partial charge in [-0.25, -0.2) is 0 Å². The summed E-state index contributed by atoms with van der Waals surface area (Å²) in [5, 5.41) is 6.03. The third-order valence-corrected chi connectivity index (χ3v) is 3.33. The van der Waals surface area contributed by atoms with Gasteiger partial charge in [-0.15, -0.1) is 0 Å². The van der Waals surface area contributed by atoms with Gasteiger partial charge >= 0.3 is 0 Å². The van der Waals surface area contributed by atoms with Crippen molar-refractivity contribution < 1.29 is 4.79 Å². The van der Waals surface area contributed by atoms with E-state index < -0.39 is 5.54 Å². The van der Waals surface area contributed by atoms with Crippen molar-refractivity contribution in [2.45, 2.75) is 26.3 Å². The van der Waals surface area contributed by atoms with Gasteiger partial charge in [0.1, 0.15) is 5.54 Å². The molecule has 1 atom stereocenters. The van der Waals surface area contributed by atoms with Crippen LogP contribution in [0, 0.1) is 13.8 Å². The number of hydrogen-bond donors (Lipinski definition) is 2. The van der Waals surface area contributed by atoms with Crippen molar-refractivity contribution in [1.82, 2.24) is 10.6 Å². The fourth-order valence-electron chi connectivity index (χ4n) is 1.80. The number of hydrogen-bond acceptors (Lipinski definition) is 2. The number of nitrogens with one attached hydrogen (secondary N) is 2. The number of carbonyl (C=O) groups is 1. The zero-order chi connectivity index (χ0) is 11.9. The number of thiocarbonyl (C=S) groups is 1. The highest BCUT2D eigenvalue weighted by atomic mass is 32.1. The normalized spacial score (nSPS) is 24.2. The summed E-state index contributed by atoms with van der Waals surface area (Å²) in [6.45, 7) is 5.92. The van der Waals surface area contributed by atoms with Crippen LogP contribution in [0.3, 0.4) is 0 Å². The molecule has 3 nitrogen and oxygen atoms in total. The molecule has 1 aromatic rings. The van der Waals surface area contributed by atoms with E-state index in [0.29, 0.717) is 5.11 Å². The van der Waals surface area contributed by atoms with Crippen LogP contribution in [0.2, 0.25) is 0 Å². The van der Waals surface area contributed by atoms with Gasteiger partial charge in [0, 0.05) is 0 Å². The minimum Gasteiger partial charge on any atom is -0.345 e. The molecule has 1 aliphatic heterocycles. The summed E-state index contributed by atoms with van der Waals surface area (Å²) in [4.78, 5) is 11.8. The van der Waals surface area contributed by atoms with E-state index in [0.717, 1.165) is 5.56 Å². The van der Waals surface area contributed by atoms with Crippen LogP contribution < -0.4 is 10.6 Å². The zero-order valence-corrected chi connectivity index (χ0v) is 10.4. The number of carbonyl (C=O) groups excluding carboxylic acids is 1. The quantitative estimate of drug-likeness (QED) is 0.724. The molecule has 1 amide bonds. The highest BCUT2D eigenvalue weighted by molar-refractivity contribution is 7.80. The van der Waals surface area contributed by atoms with E-state index in [9.17, 15) is 4.79 Å². The summed E-state index contributed by atoms with van der Waals surface area (Å²) in [5.74, 6) is -0.0965. The van der Waals surface area contributed by atoms with E-state index in [1.807, 2.05) is 39.0 Å². The van der Waals surface area contributed by atoms with Crippen LogP contribution in [0.1, 0.15) is 23.6 Å². The molecule has 0 radical (unpaired) electrons. The molecule has 1 saturated heterocycles. The topological polar surface area (TPSA) is 41.1 Å². The van der Waals surface area contributed by atoms with Crippen LogP contribution in [-0.2, 0) is 10.3 Å². The van der Waals surface area contributed by atoms with Crippen LogP contribution in [0.4, 0.5) is 0 Å². The number of benzene rings is 1. The lowest BCUT2D eigenvalue weighted by atomic mass is 9.90. The van der Waals surface area contributed by atoms with Crippen molar-refractivity contribution in [3.8, 4) is 0 Å². The van der Waals surface area contributed by atoms with Crippen LogP contribution in [0.25, 0.3) is 0 Å². The minimum atomic E-state index is -0.741. The third-order valence-electron chi connectivity index (χ3n) is 3.13. The first-order valence-electron chi connectivity index (χ1n) is 5.15. The van der Waals surface area contributed by atoms with Crippen LogP contribution in [-0.4, -0.2) is 11.0 Å². The average Bonchev–Trinajstić information content (AvgIpc) is 2.46. The molecule has 0 aromatic heterocycles. The molecule has 0 aliphatic carbocycles. The first kappa shape index (κ1) is 11.1. The van der Waals surface area contributed by atoms with E-state index in [1.165, 1.54) is 11.1 Å². The molecule has 2 N–H and O–H groups in total. The van der Waals surface area contributed by atoms with E-state index in [1.54, 1.807) is 0 Å². The molecule has 84 valence electrons. The molecule has 0 bridgehead atoms. The summed E-state index contributed by atoms with van der Waals surface area (Å²) < 4.78 is 0. The third kappa shape index (κ3) is 1.59. The molecule has 1 aromatic carbocycles. The van der Waals surface area contributed by atoms with Gasteiger partial charge in [-0.3, -0.25) is 4.79 Å². The first-order valence-corrected chi connectivity index (χ1v) is 5.55. The molecular formula is C12H14N2OS. The SMILES string of the molecule is Cc1ccc(C2(C)NC(=S)NC2=O)cc1C. The van der Waals surface area contributed by atoms with Crippen LogP contribution in [0.15, 0.2) is 18.2 Å². The minimum absolute atomic E-state index is 0.0965. The van der Waals surface area contributed by atoms with E-state index in [-0.39, 0.29) is 5.91 Å². The zero-order valence-electron chi connectivity index (χ0n) is 9.55. The Labute approximate surface area is 100 Å². The Morgan fingerprint density at radius 3 is 2.44 bits per heavy atom. The van der Waals surface area contributed by atoms with Crippen molar-refractivity contribution in [1.29, 1.82) is 0 Å². The van der Waals surface area contributed by atoms with Gasteiger partial charge in [0.2, 0.25) is 0 Å². The van der Waals surface area contributed by atoms with Crippen LogP contribution in [0.5, 0.6) is 0 Å². The van der Waals surface area contributed by atoms with E-state index in [4.69, 9.17) is 12.2 Å². The standard InChI is InChI=1S/C12H14N2OS/c1-7-4-5-9(6-8(7)2)12(3)10(15)13-11(16)14-12/h4-6H,1-3H3,(H2,13,14,15,16). The summed E-state index contributed by atoms with van der Waals surface area (Å²) in [5.41, 5.74) is 2.59. The maximum atomic E-state index is 11.8. The van der Waals surface area contributed by atoms with Gasteiger partial charge in [-0.2, -0.15) is 0 Å². The van der Waals surface area contributed by atoms with Gasteiger partial charge in [0.25, 0.3) is 5.91 Å². The largest absolute Gasteiger partial charge is 0.345 e. The van der Waals surface area contributed by atoms with E-state index in [2.05, 4.69) is 10.6 Å². The molecule has 4 heteroatoms. The molecule has 1 aliphatic rings. The van der Waals surface area contributed by atoms with Crippen molar-refractivity contribution in [2.75, 3.05) is 0 Å². The number of rotatable bonds is 1. The molecule has 16 heavy (non-hydrogen) atoms. The summed E-state index contributed by atoms with van der Waals surface area (Å²) in [7, 11) is 0.